The fourth-order valence-electron chi connectivity index (χ4n) is 2.28. The Kier molecular flexibility index (Phi) is 4.99. The highest BCUT2D eigenvalue weighted by atomic mass is 19.1. The van der Waals surface area contributed by atoms with Crippen LogP contribution >= 0.6 is 0 Å². The molecule has 0 aliphatic carbocycles. The lowest BCUT2D eigenvalue weighted by atomic mass is 10.2. The smallest absolute Gasteiger partial charge is 0.319 e. The van der Waals surface area contributed by atoms with E-state index in [1.54, 1.807) is 36.5 Å². The molecule has 0 radical (unpaired) electrons. The maximum Gasteiger partial charge on any atom is 0.319 e. The molecule has 2 N–H and O–H groups in total. The van der Waals surface area contributed by atoms with Gasteiger partial charge in [0, 0.05) is 35.2 Å². The number of nitrogens with zero attached hydrogens (tertiary/aromatic N) is 2. The zero-order valence-corrected chi connectivity index (χ0v) is 13.7. The summed E-state index contributed by atoms with van der Waals surface area (Å²) in [7, 11) is 0. The van der Waals surface area contributed by atoms with Crippen molar-refractivity contribution in [3.8, 4) is 11.4 Å². The monoisotopic (exact) mass is 336 g/mol. The number of benzene rings is 2. The van der Waals surface area contributed by atoms with Crippen LogP contribution in [0.25, 0.3) is 11.4 Å². The number of halogens is 1. The fraction of sp³-hybridized carbons (Fsp3) is 0.105. The second-order valence-electron chi connectivity index (χ2n) is 5.50. The van der Waals surface area contributed by atoms with Crippen LogP contribution in [0.15, 0.2) is 60.8 Å². The van der Waals surface area contributed by atoms with E-state index in [4.69, 9.17) is 0 Å². The average Bonchev–Trinajstić information content (AvgIpc) is 2.62. The number of hydrogen-bond acceptors (Lipinski definition) is 3. The third kappa shape index (κ3) is 4.38. The molecule has 5 nitrogen and oxygen atoms in total. The van der Waals surface area contributed by atoms with Crippen LogP contribution in [0.4, 0.5) is 14.9 Å². The van der Waals surface area contributed by atoms with E-state index in [1.165, 1.54) is 6.07 Å². The van der Waals surface area contributed by atoms with Crippen LogP contribution in [0.2, 0.25) is 0 Å². The van der Waals surface area contributed by atoms with E-state index in [9.17, 15) is 9.18 Å². The normalized spacial score (nSPS) is 10.3. The first-order valence-electron chi connectivity index (χ1n) is 7.80. The van der Waals surface area contributed by atoms with Crippen LogP contribution in [0, 0.1) is 12.7 Å². The molecule has 1 heterocycles. The van der Waals surface area contributed by atoms with Crippen LogP contribution in [-0.4, -0.2) is 16.0 Å². The summed E-state index contributed by atoms with van der Waals surface area (Å²) in [5.41, 5.74) is 2.81. The number of carbonyl (C=O) groups is 1. The number of nitrogens with one attached hydrogen (secondary N) is 2. The first kappa shape index (κ1) is 16.6. The Labute approximate surface area is 145 Å². The zero-order chi connectivity index (χ0) is 17.6. The highest BCUT2D eigenvalue weighted by molar-refractivity contribution is 5.89. The Morgan fingerprint density at radius 1 is 1.08 bits per heavy atom. The number of hydrogen-bond donors (Lipinski definition) is 2. The minimum atomic E-state index is -0.400. The minimum Gasteiger partial charge on any atom is -0.334 e. The second kappa shape index (κ2) is 7.53. The van der Waals surface area contributed by atoms with Gasteiger partial charge in [-0.15, -0.1) is 0 Å². The van der Waals surface area contributed by atoms with Crippen LogP contribution in [0.3, 0.4) is 0 Å². The summed E-state index contributed by atoms with van der Waals surface area (Å²) < 4.78 is 13.5. The van der Waals surface area contributed by atoms with Gasteiger partial charge in [0.2, 0.25) is 0 Å². The molecule has 6 heteroatoms. The standard InChI is InChI=1S/C19H17FN4O/c1-13-10-11-21-18(23-13)14-6-8-16(9-7-14)24-19(25)22-12-15-4-2-3-5-17(15)20/h2-11H,12H2,1H3,(H2,22,24,25). The maximum absolute atomic E-state index is 13.5. The van der Waals surface area contributed by atoms with Gasteiger partial charge in [0.25, 0.3) is 0 Å². The van der Waals surface area contributed by atoms with Crippen LogP contribution in [-0.2, 0) is 6.54 Å². The number of aryl methyl sites for hydroxylation is 1. The topological polar surface area (TPSA) is 66.9 Å². The highest BCUT2D eigenvalue weighted by Crippen LogP contribution is 2.18. The number of rotatable bonds is 4. The molecule has 0 saturated carbocycles. The summed E-state index contributed by atoms with van der Waals surface area (Å²) >= 11 is 0. The van der Waals surface area contributed by atoms with Crippen molar-refractivity contribution in [1.82, 2.24) is 15.3 Å². The van der Waals surface area contributed by atoms with Gasteiger partial charge in [0.1, 0.15) is 5.82 Å². The Balaban J connectivity index is 1.59. The molecule has 2 aromatic carbocycles. The van der Waals surface area contributed by atoms with Crippen LogP contribution in [0.1, 0.15) is 11.3 Å². The lowest BCUT2D eigenvalue weighted by Crippen LogP contribution is -2.28. The molecule has 0 bridgehead atoms. The average molecular weight is 336 g/mol. The molecule has 2 amide bonds. The molecule has 126 valence electrons. The minimum absolute atomic E-state index is 0.119. The molecule has 0 fully saturated rings. The third-order valence-corrected chi connectivity index (χ3v) is 3.59. The lowest BCUT2D eigenvalue weighted by Gasteiger charge is -2.09. The molecule has 0 atom stereocenters. The first-order valence-corrected chi connectivity index (χ1v) is 7.80. The summed E-state index contributed by atoms with van der Waals surface area (Å²) in [6.07, 6.45) is 1.71. The zero-order valence-electron chi connectivity index (χ0n) is 13.7. The van der Waals surface area contributed by atoms with Gasteiger partial charge in [-0.05, 0) is 43.3 Å². The fourth-order valence-corrected chi connectivity index (χ4v) is 2.28. The Hall–Kier alpha value is -3.28. The predicted molar refractivity (Wildman–Crippen MR) is 94.5 cm³/mol. The van der Waals surface area contributed by atoms with Gasteiger partial charge in [-0.1, -0.05) is 18.2 Å². The summed E-state index contributed by atoms with van der Waals surface area (Å²) in [5, 5.41) is 5.34. The molecule has 25 heavy (non-hydrogen) atoms. The SMILES string of the molecule is Cc1ccnc(-c2ccc(NC(=O)NCc3ccccc3F)cc2)n1. The molecule has 0 unspecified atom stereocenters. The summed E-state index contributed by atoms with van der Waals surface area (Å²) in [4.78, 5) is 20.5. The van der Waals surface area contributed by atoms with Crippen LogP contribution in [0.5, 0.6) is 0 Å². The van der Waals surface area contributed by atoms with Crippen molar-refractivity contribution in [2.24, 2.45) is 0 Å². The van der Waals surface area contributed by atoms with Crippen molar-refractivity contribution in [2.75, 3.05) is 5.32 Å². The van der Waals surface area contributed by atoms with E-state index >= 15 is 0 Å². The molecule has 0 spiro atoms. The second-order valence-corrected chi connectivity index (χ2v) is 5.50. The van der Waals surface area contributed by atoms with E-state index in [2.05, 4.69) is 20.6 Å². The van der Waals surface area contributed by atoms with Crippen LogP contribution < -0.4 is 10.6 Å². The largest absolute Gasteiger partial charge is 0.334 e. The first-order chi connectivity index (χ1) is 12.1. The summed E-state index contributed by atoms with van der Waals surface area (Å²) in [6, 6.07) is 15.0. The van der Waals surface area contributed by atoms with Gasteiger partial charge in [-0.25, -0.2) is 19.2 Å². The molecule has 0 aliphatic heterocycles. The van der Waals surface area contributed by atoms with E-state index < -0.39 is 6.03 Å². The number of urea groups is 1. The third-order valence-electron chi connectivity index (χ3n) is 3.59. The molecule has 0 saturated heterocycles. The molecule has 1 aromatic heterocycles. The Bertz CT molecular complexity index is 881. The van der Waals surface area contributed by atoms with Crippen molar-refractivity contribution >= 4 is 11.7 Å². The summed E-state index contributed by atoms with van der Waals surface area (Å²) in [5.74, 6) is 0.292. The lowest BCUT2D eigenvalue weighted by molar-refractivity contribution is 0.251. The van der Waals surface area contributed by atoms with Gasteiger partial charge < -0.3 is 10.6 Å². The summed E-state index contributed by atoms with van der Waals surface area (Å²) in [6.45, 7) is 2.02. The Morgan fingerprint density at radius 3 is 2.56 bits per heavy atom. The quantitative estimate of drug-likeness (QED) is 0.759. The molecular formula is C19H17FN4O. The van der Waals surface area contributed by atoms with Crippen molar-refractivity contribution < 1.29 is 9.18 Å². The van der Waals surface area contributed by atoms with Gasteiger partial charge in [0.05, 0.1) is 0 Å². The molecule has 0 aliphatic rings. The van der Waals surface area contributed by atoms with E-state index in [0.29, 0.717) is 17.1 Å². The highest BCUT2D eigenvalue weighted by Gasteiger charge is 2.06. The number of carbonyl (C=O) groups excluding carboxylic acids is 1. The van der Waals surface area contributed by atoms with E-state index in [1.807, 2.05) is 25.1 Å². The van der Waals surface area contributed by atoms with Crippen molar-refractivity contribution in [3.05, 3.63) is 77.9 Å². The predicted octanol–water partition coefficient (Wildman–Crippen LogP) is 3.91. The van der Waals surface area contributed by atoms with Gasteiger partial charge in [0.15, 0.2) is 5.82 Å². The number of anilines is 1. The maximum atomic E-state index is 13.5. The van der Waals surface area contributed by atoms with E-state index in [-0.39, 0.29) is 12.4 Å². The molecule has 3 aromatic rings. The molecular weight excluding hydrogens is 319 g/mol. The van der Waals surface area contributed by atoms with Gasteiger partial charge in [-0.3, -0.25) is 0 Å². The van der Waals surface area contributed by atoms with Gasteiger partial charge >= 0.3 is 6.03 Å². The van der Waals surface area contributed by atoms with Crippen molar-refractivity contribution in [3.63, 3.8) is 0 Å². The number of aromatic nitrogens is 2. The van der Waals surface area contributed by atoms with Gasteiger partial charge in [-0.2, -0.15) is 0 Å². The van der Waals surface area contributed by atoms with Crippen molar-refractivity contribution in [1.29, 1.82) is 0 Å². The Morgan fingerprint density at radius 2 is 1.84 bits per heavy atom. The van der Waals surface area contributed by atoms with Crippen molar-refractivity contribution in [2.45, 2.75) is 13.5 Å². The van der Waals surface area contributed by atoms with E-state index in [0.717, 1.165) is 11.3 Å². The molecule has 3 rings (SSSR count). The number of amides is 2.